The number of hydrogen-bond acceptors (Lipinski definition) is 3. The first-order valence-corrected chi connectivity index (χ1v) is 7.07. The zero-order valence-electron chi connectivity index (χ0n) is 11.8. The van der Waals surface area contributed by atoms with Gasteiger partial charge in [-0.1, -0.05) is 13.0 Å². The minimum Gasteiger partial charge on any atom is -0.385 e. The SMILES string of the molecule is CCCN(CC(=O)NC)c1ccc2c(c1)NCCC2. The Hall–Kier alpha value is -1.71. The van der Waals surface area contributed by atoms with Crippen LogP contribution in [0.1, 0.15) is 25.3 Å². The molecule has 4 heteroatoms. The van der Waals surface area contributed by atoms with E-state index < -0.39 is 0 Å². The summed E-state index contributed by atoms with van der Waals surface area (Å²) < 4.78 is 0. The number of aryl methyl sites for hydroxylation is 1. The van der Waals surface area contributed by atoms with E-state index in [1.807, 2.05) is 0 Å². The molecule has 1 amide bonds. The predicted molar refractivity (Wildman–Crippen MR) is 79.8 cm³/mol. The molecule has 104 valence electrons. The number of anilines is 2. The van der Waals surface area contributed by atoms with E-state index in [2.05, 4.69) is 40.7 Å². The van der Waals surface area contributed by atoms with Crippen LogP contribution in [0.4, 0.5) is 11.4 Å². The van der Waals surface area contributed by atoms with Gasteiger partial charge in [0.2, 0.25) is 5.91 Å². The molecule has 19 heavy (non-hydrogen) atoms. The third-order valence-corrected chi connectivity index (χ3v) is 3.50. The summed E-state index contributed by atoms with van der Waals surface area (Å²) >= 11 is 0. The van der Waals surface area contributed by atoms with Crippen molar-refractivity contribution in [2.45, 2.75) is 26.2 Å². The number of nitrogens with zero attached hydrogens (tertiary/aromatic N) is 1. The Morgan fingerprint density at radius 1 is 1.47 bits per heavy atom. The lowest BCUT2D eigenvalue weighted by Gasteiger charge is -2.26. The number of rotatable bonds is 5. The molecule has 1 aromatic rings. The molecule has 1 aliphatic heterocycles. The Labute approximate surface area is 115 Å². The molecule has 0 saturated carbocycles. The Morgan fingerprint density at radius 2 is 2.32 bits per heavy atom. The second kappa shape index (κ2) is 6.45. The van der Waals surface area contributed by atoms with E-state index in [-0.39, 0.29) is 5.91 Å². The predicted octanol–water partition coefficient (Wildman–Crippen LogP) is 2.01. The van der Waals surface area contributed by atoms with Crippen molar-refractivity contribution >= 4 is 17.3 Å². The molecule has 1 aliphatic rings. The molecule has 0 aliphatic carbocycles. The first-order valence-electron chi connectivity index (χ1n) is 7.07. The van der Waals surface area contributed by atoms with Crippen molar-refractivity contribution in [3.05, 3.63) is 23.8 Å². The van der Waals surface area contributed by atoms with Gasteiger partial charge in [-0.25, -0.2) is 0 Å². The van der Waals surface area contributed by atoms with Crippen LogP contribution in [0.25, 0.3) is 0 Å². The fraction of sp³-hybridized carbons (Fsp3) is 0.533. The third-order valence-electron chi connectivity index (χ3n) is 3.50. The van der Waals surface area contributed by atoms with Gasteiger partial charge in [-0.3, -0.25) is 4.79 Å². The number of fused-ring (bicyclic) bond motifs is 1. The highest BCUT2D eigenvalue weighted by atomic mass is 16.1. The Bertz CT molecular complexity index is 445. The molecule has 0 unspecified atom stereocenters. The number of carbonyl (C=O) groups excluding carboxylic acids is 1. The lowest BCUT2D eigenvalue weighted by Crippen LogP contribution is -2.36. The van der Waals surface area contributed by atoms with E-state index in [1.165, 1.54) is 17.7 Å². The summed E-state index contributed by atoms with van der Waals surface area (Å²) in [6, 6.07) is 6.49. The van der Waals surface area contributed by atoms with Gasteiger partial charge in [0.15, 0.2) is 0 Å². The summed E-state index contributed by atoms with van der Waals surface area (Å²) in [5.41, 5.74) is 3.73. The minimum atomic E-state index is 0.0547. The van der Waals surface area contributed by atoms with E-state index in [0.29, 0.717) is 6.54 Å². The summed E-state index contributed by atoms with van der Waals surface area (Å²) in [6.07, 6.45) is 3.37. The summed E-state index contributed by atoms with van der Waals surface area (Å²) in [6.45, 7) is 4.49. The number of likely N-dealkylation sites (N-methyl/N-ethyl adjacent to an activating group) is 1. The van der Waals surface area contributed by atoms with Crippen LogP contribution in [0, 0.1) is 0 Å². The summed E-state index contributed by atoms with van der Waals surface area (Å²) in [5.74, 6) is 0.0547. The van der Waals surface area contributed by atoms with Gasteiger partial charge in [0, 0.05) is 31.5 Å². The molecule has 0 fully saturated rings. The number of amides is 1. The monoisotopic (exact) mass is 261 g/mol. The van der Waals surface area contributed by atoms with Crippen LogP contribution in [0.3, 0.4) is 0 Å². The molecule has 4 nitrogen and oxygen atoms in total. The van der Waals surface area contributed by atoms with Crippen LogP contribution >= 0.6 is 0 Å². The van der Waals surface area contributed by atoms with E-state index in [9.17, 15) is 4.79 Å². The maximum atomic E-state index is 11.6. The van der Waals surface area contributed by atoms with Gasteiger partial charge < -0.3 is 15.5 Å². The molecule has 2 rings (SSSR count). The van der Waals surface area contributed by atoms with Gasteiger partial charge in [0.1, 0.15) is 0 Å². The van der Waals surface area contributed by atoms with Gasteiger partial charge >= 0.3 is 0 Å². The van der Waals surface area contributed by atoms with Crippen molar-refractivity contribution in [3.8, 4) is 0 Å². The Balaban J connectivity index is 2.18. The average molecular weight is 261 g/mol. The zero-order valence-corrected chi connectivity index (χ0v) is 11.8. The molecule has 0 saturated heterocycles. The lowest BCUT2D eigenvalue weighted by molar-refractivity contribution is -0.119. The number of carbonyl (C=O) groups is 1. The normalized spacial score (nSPS) is 13.4. The molecule has 0 bridgehead atoms. The molecular formula is C15H23N3O. The molecule has 1 heterocycles. The molecule has 0 radical (unpaired) electrons. The van der Waals surface area contributed by atoms with Gasteiger partial charge in [-0.15, -0.1) is 0 Å². The highest BCUT2D eigenvalue weighted by molar-refractivity contribution is 5.81. The smallest absolute Gasteiger partial charge is 0.239 e. The quantitative estimate of drug-likeness (QED) is 0.852. The van der Waals surface area contributed by atoms with E-state index >= 15 is 0 Å². The van der Waals surface area contributed by atoms with Crippen molar-refractivity contribution in [1.29, 1.82) is 0 Å². The van der Waals surface area contributed by atoms with Crippen molar-refractivity contribution < 1.29 is 4.79 Å². The van der Waals surface area contributed by atoms with Gasteiger partial charge in [0.25, 0.3) is 0 Å². The zero-order chi connectivity index (χ0) is 13.7. The van der Waals surface area contributed by atoms with Gasteiger partial charge in [-0.2, -0.15) is 0 Å². The van der Waals surface area contributed by atoms with Crippen LogP contribution in [-0.2, 0) is 11.2 Å². The number of hydrogen-bond donors (Lipinski definition) is 2. The maximum Gasteiger partial charge on any atom is 0.239 e. The standard InChI is InChI=1S/C15H23N3O/c1-3-9-18(11-15(19)16-2)13-7-6-12-5-4-8-17-14(12)10-13/h6-7,10,17H,3-5,8-9,11H2,1-2H3,(H,16,19). The number of benzene rings is 1. The first-order chi connectivity index (χ1) is 9.24. The topological polar surface area (TPSA) is 44.4 Å². The van der Waals surface area contributed by atoms with Crippen LogP contribution in [0.15, 0.2) is 18.2 Å². The van der Waals surface area contributed by atoms with Crippen LogP contribution in [0.5, 0.6) is 0 Å². The average Bonchev–Trinajstić information content (AvgIpc) is 2.46. The molecule has 1 aromatic carbocycles. The summed E-state index contributed by atoms with van der Waals surface area (Å²) in [5, 5.41) is 6.13. The second-order valence-corrected chi connectivity index (χ2v) is 4.97. The molecular weight excluding hydrogens is 238 g/mol. The van der Waals surface area contributed by atoms with Crippen LogP contribution < -0.4 is 15.5 Å². The van der Waals surface area contributed by atoms with Crippen molar-refractivity contribution in [2.75, 3.05) is 36.9 Å². The fourth-order valence-electron chi connectivity index (χ4n) is 2.47. The van der Waals surface area contributed by atoms with Crippen molar-refractivity contribution in [3.63, 3.8) is 0 Å². The van der Waals surface area contributed by atoms with Crippen LogP contribution in [-0.4, -0.2) is 32.6 Å². The second-order valence-electron chi connectivity index (χ2n) is 4.97. The van der Waals surface area contributed by atoms with Gasteiger partial charge in [0.05, 0.1) is 6.54 Å². The highest BCUT2D eigenvalue weighted by Crippen LogP contribution is 2.27. The highest BCUT2D eigenvalue weighted by Gasteiger charge is 2.13. The minimum absolute atomic E-state index is 0.0547. The Morgan fingerprint density at radius 3 is 3.05 bits per heavy atom. The van der Waals surface area contributed by atoms with E-state index in [4.69, 9.17) is 0 Å². The molecule has 2 N–H and O–H groups in total. The molecule has 0 atom stereocenters. The summed E-state index contributed by atoms with van der Waals surface area (Å²) in [4.78, 5) is 13.7. The van der Waals surface area contributed by atoms with Crippen LogP contribution in [0.2, 0.25) is 0 Å². The first kappa shape index (κ1) is 13.7. The van der Waals surface area contributed by atoms with E-state index in [0.717, 1.165) is 31.6 Å². The van der Waals surface area contributed by atoms with E-state index in [1.54, 1.807) is 7.05 Å². The third kappa shape index (κ3) is 3.40. The lowest BCUT2D eigenvalue weighted by atomic mass is 10.0. The largest absolute Gasteiger partial charge is 0.385 e. The summed E-state index contributed by atoms with van der Waals surface area (Å²) in [7, 11) is 1.68. The number of nitrogens with one attached hydrogen (secondary N) is 2. The maximum absolute atomic E-state index is 11.6. The molecule has 0 aromatic heterocycles. The fourth-order valence-corrected chi connectivity index (χ4v) is 2.47. The van der Waals surface area contributed by atoms with Crippen molar-refractivity contribution in [2.24, 2.45) is 0 Å². The Kier molecular flexibility index (Phi) is 4.66. The van der Waals surface area contributed by atoms with Gasteiger partial charge in [-0.05, 0) is 37.0 Å². The van der Waals surface area contributed by atoms with Crippen molar-refractivity contribution in [1.82, 2.24) is 5.32 Å². The molecule has 0 spiro atoms.